The fourth-order valence-corrected chi connectivity index (χ4v) is 3.37. The van der Waals surface area contributed by atoms with Gasteiger partial charge >= 0.3 is 0 Å². The van der Waals surface area contributed by atoms with Gasteiger partial charge in [-0.15, -0.1) is 0 Å². The van der Waals surface area contributed by atoms with Crippen molar-refractivity contribution in [3.8, 4) is 0 Å². The predicted molar refractivity (Wildman–Crippen MR) is 121 cm³/mol. The number of aldehydes is 1. The molecule has 2 rings (SSSR count). The average Bonchev–Trinajstić information content (AvgIpc) is 2.73. The zero-order valence-corrected chi connectivity index (χ0v) is 17.9. The van der Waals surface area contributed by atoms with Crippen molar-refractivity contribution in [2.75, 3.05) is 18.1 Å². The first kappa shape index (κ1) is 22.3. The van der Waals surface area contributed by atoms with Gasteiger partial charge in [-0.25, -0.2) is 0 Å². The molecule has 1 atom stereocenters. The smallest absolute Gasteiger partial charge is 0.224 e. The number of halogens is 1. The Morgan fingerprint density at radius 3 is 2.79 bits per heavy atom. The van der Waals surface area contributed by atoms with Gasteiger partial charge in [0.25, 0.3) is 0 Å². The van der Waals surface area contributed by atoms with E-state index in [1.165, 1.54) is 0 Å². The van der Waals surface area contributed by atoms with E-state index in [0.29, 0.717) is 40.8 Å². The second-order valence-electron chi connectivity index (χ2n) is 6.34. The van der Waals surface area contributed by atoms with Gasteiger partial charge < -0.3 is 16.5 Å². The number of hydrogen-bond donors (Lipinski definition) is 3. The summed E-state index contributed by atoms with van der Waals surface area (Å²) < 4.78 is 0. The lowest BCUT2D eigenvalue weighted by Gasteiger charge is -2.16. The van der Waals surface area contributed by atoms with Crippen LogP contribution in [0.2, 0.25) is 0 Å². The Kier molecular flexibility index (Phi) is 8.54. The number of hydrazone groups is 1. The minimum absolute atomic E-state index is 0.0616. The van der Waals surface area contributed by atoms with Gasteiger partial charge in [-0.1, -0.05) is 28.9 Å². The minimum Gasteiger partial charge on any atom is -0.398 e. The maximum atomic E-state index is 12.6. The molecule has 0 aliphatic heterocycles. The van der Waals surface area contributed by atoms with Crippen molar-refractivity contribution in [1.82, 2.24) is 10.4 Å². The molecular formula is C21H24BrN5O2. The molecule has 0 spiro atoms. The summed E-state index contributed by atoms with van der Waals surface area (Å²) in [6, 6.07) is 7.06. The van der Waals surface area contributed by atoms with Crippen LogP contribution in [0.25, 0.3) is 5.57 Å². The van der Waals surface area contributed by atoms with Crippen LogP contribution >= 0.6 is 15.9 Å². The number of pyridine rings is 1. The number of carbonyl (C=O) groups excluding carboxylic acids is 2. The molecule has 0 aliphatic carbocycles. The molecule has 7 nitrogen and oxygen atoms in total. The van der Waals surface area contributed by atoms with Crippen molar-refractivity contribution in [2.45, 2.75) is 25.7 Å². The molecule has 0 bridgehead atoms. The molecule has 8 heteroatoms. The Hall–Kier alpha value is -3.00. The van der Waals surface area contributed by atoms with Crippen LogP contribution in [0, 0.1) is 0 Å². The summed E-state index contributed by atoms with van der Waals surface area (Å²) in [6.45, 7) is 2.03. The van der Waals surface area contributed by atoms with Crippen molar-refractivity contribution in [2.24, 2.45) is 5.10 Å². The molecule has 0 radical (unpaired) electrons. The third kappa shape index (κ3) is 5.99. The molecule has 1 unspecified atom stereocenters. The number of nitrogen functional groups attached to an aromatic ring is 1. The molecule has 152 valence electrons. The van der Waals surface area contributed by atoms with Crippen LogP contribution in [0.3, 0.4) is 0 Å². The van der Waals surface area contributed by atoms with Gasteiger partial charge in [0.2, 0.25) is 5.91 Å². The number of nitrogens with zero attached hydrogens (tertiary/aromatic N) is 2. The van der Waals surface area contributed by atoms with Crippen LogP contribution in [0.15, 0.2) is 46.7 Å². The lowest BCUT2D eigenvalue weighted by molar-refractivity contribution is -0.116. The van der Waals surface area contributed by atoms with E-state index >= 15 is 0 Å². The van der Waals surface area contributed by atoms with Crippen molar-refractivity contribution in [3.63, 3.8) is 0 Å². The van der Waals surface area contributed by atoms with Crippen molar-refractivity contribution in [1.29, 1.82) is 0 Å². The number of anilines is 2. The normalized spacial score (nSPS) is 12.6. The molecule has 0 aliphatic rings. The number of rotatable bonds is 9. The van der Waals surface area contributed by atoms with E-state index in [1.807, 2.05) is 19.1 Å². The highest BCUT2D eigenvalue weighted by Gasteiger charge is 2.17. The van der Waals surface area contributed by atoms with E-state index in [4.69, 9.17) is 5.73 Å². The maximum Gasteiger partial charge on any atom is 0.224 e. The number of amides is 1. The average molecular weight is 458 g/mol. The fraction of sp³-hybridized carbons (Fsp3) is 0.238. The first-order valence-electron chi connectivity index (χ1n) is 9.13. The Morgan fingerprint density at radius 2 is 2.21 bits per heavy atom. The van der Waals surface area contributed by atoms with E-state index in [-0.39, 0.29) is 11.8 Å². The summed E-state index contributed by atoms with van der Waals surface area (Å²) in [5, 5.41) is 6.80. The SMILES string of the molecule is CCC(CC(=O)Nc1cc(N)c(C(/C=N\NC)=C/Br)c(C=O)c1)c1cccnc1. The second kappa shape index (κ2) is 11.1. The van der Waals surface area contributed by atoms with E-state index in [0.717, 1.165) is 12.0 Å². The van der Waals surface area contributed by atoms with Crippen LogP contribution in [-0.2, 0) is 4.79 Å². The number of hydrogen-bond acceptors (Lipinski definition) is 6. The molecule has 1 aromatic carbocycles. The maximum absolute atomic E-state index is 12.6. The fourth-order valence-electron chi connectivity index (χ4n) is 3.02. The number of aromatic nitrogens is 1. The van der Waals surface area contributed by atoms with Gasteiger partial charge in [0.15, 0.2) is 6.29 Å². The lowest BCUT2D eigenvalue weighted by atomic mass is 9.94. The third-order valence-corrected chi connectivity index (χ3v) is 4.92. The molecule has 2 aromatic rings. The highest BCUT2D eigenvalue weighted by Crippen LogP contribution is 2.29. The van der Waals surface area contributed by atoms with E-state index in [9.17, 15) is 9.59 Å². The third-order valence-electron chi connectivity index (χ3n) is 4.43. The van der Waals surface area contributed by atoms with Crippen molar-refractivity contribution in [3.05, 3.63) is 58.3 Å². The molecule has 0 fully saturated rings. The molecule has 1 amide bonds. The van der Waals surface area contributed by atoms with E-state index in [1.54, 1.807) is 42.8 Å². The molecule has 1 heterocycles. The van der Waals surface area contributed by atoms with Crippen LogP contribution in [0.5, 0.6) is 0 Å². The van der Waals surface area contributed by atoms with Gasteiger partial charge in [0.1, 0.15) is 0 Å². The lowest BCUT2D eigenvalue weighted by Crippen LogP contribution is -2.16. The number of nitrogens with two attached hydrogens (primary N) is 1. The van der Waals surface area contributed by atoms with Crippen LogP contribution < -0.4 is 16.5 Å². The number of benzene rings is 1. The summed E-state index contributed by atoms with van der Waals surface area (Å²) in [5.41, 5.74) is 12.2. The number of carbonyl (C=O) groups is 2. The number of nitrogens with one attached hydrogen (secondary N) is 2. The molecule has 4 N–H and O–H groups in total. The highest BCUT2D eigenvalue weighted by molar-refractivity contribution is 9.11. The zero-order chi connectivity index (χ0) is 21.2. The van der Waals surface area contributed by atoms with Gasteiger partial charge in [-0.2, -0.15) is 5.10 Å². The van der Waals surface area contributed by atoms with Gasteiger partial charge in [0, 0.05) is 53.9 Å². The molecule has 0 saturated carbocycles. The largest absolute Gasteiger partial charge is 0.398 e. The van der Waals surface area contributed by atoms with Crippen LogP contribution in [0.4, 0.5) is 11.4 Å². The highest BCUT2D eigenvalue weighted by atomic mass is 79.9. The monoisotopic (exact) mass is 457 g/mol. The minimum atomic E-state index is -0.155. The zero-order valence-electron chi connectivity index (χ0n) is 16.4. The predicted octanol–water partition coefficient (Wildman–Crippen LogP) is 3.94. The Morgan fingerprint density at radius 1 is 1.41 bits per heavy atom. The van der Waals surface area contributed by atoms with Crippen molar-refractivity contribution < 1.29 is 9.59 Å². The Balaban J connectivity index is 2.23. The van der Waals surface area contributed by atoms with Crippen LogP contribution in [-0.4, -0.2) is 30.4 Å². The summed E-state index contributed by atoms with van der Waals surface area (Å²) in [7, 11) is 1.67. The van der Waals surface area contributed by atoms with Gasteiger partial charge in [0.05, 0.1) is 6.21 Å². The van der Waals surface area contributed by atoms with E-state index in [2.05, 4.69) is 36.8 Å². The molecule has 0 saturated heterocycles. The standard InChI is InChI=1S/C21H24BrN5O2/c1-3-14(15-5-4-6-25-11-15)8-20(29)27-18-7-16(13-28)21(19(23)9-18)17(10-22)12-26-24-2/h4-7,9-14,24H,3,8,23H2,1-2H3,(H,27,29)/b17-10+,26-12-. The first-order chi connectivity index (χ1) is 14.0. The quantitative estimate of drug-likeness (QED) is 0.228. The number of allylic oxidation sites excluding steroid dienone is 1. The Labute approximate surface area is 178 Å². The topological polar surface area (TPSA) is 109 Å². The van der Waals surface area contributed by atoms with Crippen molar-refractivity contribution >= 4 is 51.3 Å². The second-order valence-corrected chi connectivity index (χ2v) is 6.80. The molecule has 1 aromatic heterocycles. The van der Waals surface area contributed by atoms with Gasteiger partial charge in [-0.3, -0.25) is 14.6 Å². The Bertz CT molecular complexity index is 913. The summed E-state index contributed by atoms with van der Waals surface area (Å²) in [6.07, 6.45) is 6.85. The van der Waals surface area contributed by atoms with Gasteiger partial charge in [-0.05, 0) is 41.1 Å². The van der Waals surface area contributed by atoms with Crippen LogP contribution in [0.1, 0.15) is 47.2 Å². The summed E-state index contributed by atoms with van der Waals surface area (Å²) in [4.78, 5) is 30.0. The molecular weight excluding hydrogens is 434 g/mol. The molecule has 29 heavy (non-hydrogen) atoms. The first-order valence-corrected chi connectivity index (χ1v) is 10.0. The summed E-state index contributed by atoms with van der Waals surface area (Å²) in [5.74, 6) is -0.0933. The van der Waals surface area contributed by atoms with E-state index < -0.39 is 0 Å². The summed E-state index contributed by atoms with van der Waals surface area (Å²) >= 11 is 3.27.